The van der Waals surface area contributed by atoms with Crippen LogP contribution in [0.3, 0.4) is 0 Å². The number of carbonyl (C=O) groups is 2. The number of amides is 2. The van der Waals surface area contributed by atoms with Crippen LogP contribution in [0.15, 0.2) is 18.2 Å². The van der Waals surface area contributed by atoms with Gasteiger partial charge in [0, 0.05) is 13.2 Å². The predicted molar refractivity (Wildman–Crippen MR) is 60.9 cm³/mol. The highest BCUT2D eigenvalue weighted by Crippen LogP contribution is 2.25. The minimum absolute atomic E-state index is 0.264. The Morgan fingerprint density at radius 1 is 1.29 bits per heavy atom. The van der Waals surface area contributed by atoms with Gasteiger partial charge in [0.25, 0.3) is 11.8 Å². The van der Waals surface area contributed by atoms with Gasteiger partial charge in [-0.3, -0.25) is 14.9 Å². The Morgan fingerprint density at radius 3 is 2.94 bits per heavy atom. The van der Waals surface area contributed by atoms with Crippen LogP contribution in [-0.2, 0) is 11.2 Å². The van der Waals surface area contributed by atoms with Crippen molar-refractivity contribution >= 4 is 11.8 Å². The van der Waals surface area contributed by atoms with Gasteiger partial charge >= 0.3 is 0 Å². The van der Waals surface area contributed by atoms with Gasteiger partial charge in [0.2, 0.25) is 0 Å². The fourth-order valence-corrected chi connectivity index (χ4v) is 2.52. The standard InChI is InChI=1S/C13H13NO3/c15-12-10-3-1-2-9(11(10)13(16)14-12)6-8-4-5-17-7-8/h1-3,8H,4-7H2,(H,14,15,16). The lowest BCUT2D eigenvalue weighted by Crippen LogP contribution is -2.20. The van der Waals surface area contributed by atoms with Crippen LogP contribution in [0.25, 0.3) is 0 Å². The number of carbonyl (C=O) groups excluding carboxylic acids is 2. The molecular formula is C13H13NO3. The van der Waals surface area contributed by atoms with Crippen molar-refractivity contribution in [2.75, 3.05) is 13.2 Å². The van der Waals surface area contributed by atoms with E-state index in [0.717, 1.165) is 31.6 Å². The molecule has 4 nitrogen and oxygen atoms in total. The van der Waals surface area contributed by atoms with Gasteiger partial charge in [0.15, 0.2) is 0 Å². The molecule has 1 fully saturated rings. The van der Waals surface area contributed by atoms with Crippen molar-refractivity contribution in [3.05, 3.63) is 34.9 Å². The Kier molecular flexibility index (Phi) is 2.44. The van der Waals surface area contributed by atoms with Crippen LogP contribution in [0, 0.1) is 5.92 Å². The lowest BCUT2D eigenvalue weighted by Gasteiger charge is -2.09. The highest BCUT2D eigenvalue weighted by Gasteiger charge is 2.30. The third-order valence-corrected chi connectivity index (χ3v) is 3.38. The van der Waals surface area contributed by atoms with E-state index < -0.39 is 0 Å². The highest BCUT2D eigenvalue weighted by atomic mass is 16.5. The van der Waals surface area contributed by atoms with Crippen molar-refractivity contribution in [2.45, 2.75) is 12.8 Å². The molecule has 1 aromatic carbocycles. The second-order valence-corrected chi connectivity index (χ2v) is 4.56. The molecule has 1 unspecified atom stereocenters. The van der Waals surface area contributed by atoms with Crippen molar-refractivity contribution in [1.82, 2.24) is 5.32 Å². The molecule has 2 amide bonds. The molecule has 88 valence electrons. The molecule has 2 heterocycles. The normalized spacial score (nSPS) is 22.7. The first kappa shape index (κ1) is 10.5. The Balaban J connectivity index is 1.95. The van der Waals surface area contributed by atoms with Crippen LogP contribution >= 0.6 is 0 Å². The maximum atomic E-state index is 11.7. The molecular weight excluding hydrogens is 218 g/mol. The molecule has 0 radical (unpaired) electrons. The molecule has 0 spiro atoms. The van der Waals surface area contributed by atoms with Crippen molar-refractivity contribution in [3.63, 3.8) is 0 Å². The molecule has 1 aromatic rings. The van der Waals surface area contributed by atoms with E-state index >= 15 is 0 Å². The van der Waals surface area contributed by atoms with Crippen molar-refractivity contribution in [1.29, 1.82) is 0 Å². The lowest BCUT2D eigenvalue weighted by atomic mass is 9.93. The highest BCUT2D eigenvalue weighted by molar-refractivity contribution is 6.22. The molecule has 2 aliphatic rings. The molecule has 4 heteroatoms. The van der Waals surface area contributed by atoms with Crippen molar-refractivity contribution in [2.24, 2.45) is 5.92 Å². The SMILES string of the molecule is O=C1NC(=O)c2c(CC3CCOC3)cccc21. The van der Waals surface area contributed by atoms with E-state index in [9.17, 15) is 9.59 Å². The van der Waals surface area contributed by atoms with Crippen LogP contribution in [0.5, 0.6) is 0 Å². The summed E-state index contributed by atoms with van der Waals surface area (Å²) in [7, 11) is 0. The van der Waals surface area contributed by atoms with Gasteiger partial charge in [-0.15, -0.1) is 0 Å². The molecule has 3 rings (SSSR count). The van der Waals surface area contributed by atoms with Crippen molar-refractivity contribution in [3.8, 4) is 0 Å². The van der Waals surface area contributed by atoms with E-state index in [1.54, 1.807) is 6.07 Å². The average molecular weight is 231 g/mol. The van der Waals surface area contributed by atoms with Crippen LogP contribution in [0.1, 0.15) is 32.7 Å². The zero-order valence-electron chi connectivity index (χ0n) is 9.36. The van der Waals surface area contributed by atoms with Gasteiger partial charge in [0.05, 0.1) is 11.1 Å². The fraction of sp³-hybridized carbons (Fsp3) is 0.385. The quantitative estimate of drug-likeness (QED) is 0.777. The van der Waals surface area contributed by atoms with Crippen LogP contribution < -0.4 is 5.32 Å². The van der Waals surface area contributed by atoms with Gasteiger partial charge < -0.3 is 4.74 Å². The topological polar surface area (TPSA) is 55.4 Å². The first-order valence-corrected chi connectivity index (χ1v) is 5.81. The van der Waals surface area contributed by atoms with Crippen molar-refractivity contribution < 1.29 is 14.3 Å². The molecule has 1 atom stereocenters. The smallest absolute Gasteiger partial charge is 0.259 e. The zero-order chi connectivity index (χ0) is 11.8. The second-order valence-electron chi connectivity index (χ2n) is 4.56. The Labute approximate surface area is 99.0 Å². The van der Waals surface area contributed by atoms with Gasteiger partial charge in [-0.25, -0.2) is 0 Å². The Bertz CT molecular complexity index is 489. The summed E-state index contributed by atoms with van der Waals surface area (Å²) in [6.45, 7) is 1.55. The van der Waals surface area contributed by atoms with E-state index in [1.807, 2.05) is 12.1 Å². The predicted octanol–water partition coefficient (Wildman–Crippen LogP) is 1.15. The minimum Gasteiger partial charge on any atom is -0.381 e. The van der Waals surface area contributed by atoms with Gasteiger partial charge in [-0.2, -0.15) is 0 Å². The van der Waals surface area contributed by atoms with Crippen LogP contribution in [-0.4, -0.2) is 25.0 Å². The molecule has 1 saturated heterocycles. The van der Waals surface area contributed by atoms with E-state index in [1.165, 1.54) is 0 Å². The minimum atomic E-state index is -0.283. The maximum Gasteiger partial charge on any atom is 0.259 e. The number of ether oxygens (including phenoxy) is 1. The molecule has 0 bridgehead atoms. The maximum absolute atomic E-state index is 11.7. The number of imide groups is 1. The second kappa shape index (κ2) is 3.96. The van der Waals surface area contributed by atoms with E-state index in [-0.39, 0.29) is 11.8 Å². The van der Waals surface area contributed by atoms with Gasteiger partial charge in [-0.05, 0) is 30.4 Å². The van der Waals surface area contributed by atoms with E-state index in [4.69, 9.17) is 4.74 Å². The van der Waals surface area contributed by atoms with Crippen LogP contribution in [0.2, 0.25) is 0 Å². The summed E-state index contributed by atoms with van der Waals surface area (Å²) < 4.78 is 5.33. The summed E-state index contributed by atoms with van der Waals surface area (Å²) in [5.74, 6) is -0.0842. The van der Waals surface area contributed by atoms with Crippen LogP contribution in [0.4, 0.5) is 0 Å². The number of rotatable bonds is 2. The Hall–Kier alpha value is -1.68. The first-order chi connectivity index (χ1) is 8.25. The molecule has 17 heavy (non-hydrogen) atoms. The molecule has 0 aliphatic carbocycles. The summed E-state index contributed by atoms with van der Waals surface area (Å²) in [4.78, 5) is 23.2. The number of hydrogen-bond donors (Lipinski definition) is 1. The van der Waals surface area contributed by atoms with E-state index in [0.29, 0.717) is 17.0 Å². The molecule has 0 aromatic heterocycles. The third kappa shape index (κ3) is 1.74. The third-order valence-electron chi connectivity index (χ3n) is 3.38. The number of nitrogens with one attached hydrogen (secondary N) is 1. The number of benzene rings is 1. The largest absolute Gasteiger partial charge is 0.381 e. The summed E-state index contributed by atoms with van der Waals surface area (Å²) in [6.07, 6.45) is 1.84. The van der Waals surface area contributed by atoms with E-state index in [2.05, 4.69) is 5.32 Å². The first-order valence-electron chi connectivity index (χ1n) is 5.81. The number of hydrogen-bond acceptors (Lipinski definition) is 3. The lowest BCUT2D eigenvalue weighted by molar-refractivity contribution is 0.0879. The fourth-order valence-electron chi connectivity index (χ4n) is 2.52. The Morgan fingerprint density at radius 2 is 2.18 bits per heavy atom. The summed E-state index contributed by atoms with van der Waals surface area (Å²) >= 11 is 0. The summed E-state index contributed by atoms with van der Waals surface area (Å²) in [6, 6.07) is 5.46. The summed E-state index contributed by atoms with van der Waals surface area (Å²) in [5.41, 5.74) is 2.03. The monoisotopic (exact) mass is 231 g/mol. The summed E-state index contributed by atoms with van der Waals surface area (Å²) in [5, 5.41) is 2.34. The van der Waals surface area contributed by atoms with Gasteiger partial charge in [0.1, 0.15) is 0 Å². The molecule has 2 aliphatic heterocycles. The zero-order valence-corrected chi connectivity index (χ0v) is 9.36. The average Bonchev–Trinajstić information content (AvgIpc) is 2.90. The number of fused-ring (bicyclic) bond motifs is 1. The molecule has 0 saturated carbocycles. The molecule has 1 N–H and O–H groups in total. The van der Waals surface area contributed by atoms with Gasteiger partial charge in [-0.1, -0.05) is 12.1 Å².